The van der Waals surface area contributed by atoms with Crippen molar-refractivity contribution >= 4 is 23.2 Å². The second-order valence-electron chi connectivity index (χ2n) is 5.70. The Hall–Kier alpha value is -3.39. The largest absolute Gasteiger partial charge is 0.480 e. The monoisotopic (exact) mass is 367 g/mol. The fourth-order valence-corrected chi connectivity index (χ4v) is 2.50. The normalized spacial score (nSPS) is 10.7. The van der Waals surface area contributed by atoms with Crippen molar-refractivity contribution in [2.75, 3.05) is 19.8 Å². The predicted octanol–water partition coefficient (Wildman–Crippen LogP) is 2.29. The molecule has 8 nitrogen and oxygen atoms in total. The maximum absolute atomic E-state index is 11.4. The van der Waals surface area contributed by atoms with Gasteiger partial charge in [-0.05, 0) is 18.6 Å². The molecule has 2 heterocycles. The van der Waals surface area contributed by atoms with E-state index >= 15 is 0 Å². The molecule has 0 unspecified atom stereocenters. The van der Waals surface area contributed by atoms with Crippen LogP contribution in [0.3, 0.4) is 0 Å². The van der Waals surface area contributed by atoms with Crippen molar-refractivity contribution < 1.29 is 24.2 Å². The minimum Gasteiger partial charge on any atom is -0.480 e. The number of carboxylic acid groups (broad SMARTS) is 1. The van der Waals surface area contributed by atoms with E-state index in [4.69, 9.17) is 14.6 Å². The summed E-state index contributed by atoms with van der Waals surface area (Å²) >= 11 is 0. The molecule has 0 aliphatic carbocycles. The zero-order valence-corrected chi connectivity index (χ0v) is 14.6. The van der Waals surface area contributed by atoms with E-state index in [2.05, 4.69) is 15.0 Å². The fraction of sp³-hybridized carbons (Fsp3) is 0.211. The lowest BCUT2D eigenvalue weighted by atomic mass is 10.1. The van der Waals surface area contributed by atoms with Gasteiger partial charge in [-0.1, -0.05) is 18.2 Å². The van der Waals surface area contributed by atoms with Gasteiger partial charge in [-0.3, -0.25) is 4.79 Å². The Balaban J connectivity index is 1.76. The molecule has 27 heavy (non-hydrogen) atoms. The maximum Gasteiger partial charge on any atom is 0.329 e. The molecule has 1 N–H and O–H groups in total. The molecule has 0 saturated carbocycles. The third kappa shape index (κ3) is 4.42. The number of pyridine rings is 1. The number of para-hydroxylation sites is 1. The van der Waals surface area contributed by atoms with Gasteiger partial charge in [-0.15, -0.1) is 0 Å². The van der Waals surface area contributed by atoms with Crippen LogP contribution in [0.2, 0.25) is 0 Å². The second-order valence-corrected chi connectivity index (χ2v) is 5.70. The van der Waals surface area contributed by atoms with E-state index in [1.54, 1.807) is 18.3 Å². The number of ether oxygens (including phenoxy) is 2. The second kappa shape index (κ2) is 8.33. The standard InChI is InChI=1S/C19H17N3O5/c1-12-3-2-4-14-15(10-23)21-19(22-18(12)14)13-5-6-16(20-9-13)27-8-7-26-11-17(24)25/h2-6,9-10H,7-8,11H2,1H3,(H,24,25). The summed E-state index contributed by atoms with van der Waals surface area (Å²) in [5, 5.41) is 9.19. The van der Waals surface area contributed by atoms with E-state index < -0.39 is 5.97 Å². The van der Waals surface area contributed by atoms with Gasteiger partial charge >= 0.3 is 5.97 Å². The molecule has 8 heteroatoms. The molecule has 0 spiro atoms. The number of carboxylic acids is 1. The number of aryl methyl sites for hydroxylation is 1. The van der Waals surface area contributed by atoms with Crippen LogP contribution >= 0.6 is 0 Å². The number of fused-ring (bicyclic) bond motifs is 1. The maximum atomic E-state index is 11.4. The molecule has 0 saturated heterocycles. The van der Waals surface area contributed by atoms with Crippen LogP contribution in [0.15, 0.2) is 36.5 Å². The van der Waals surface area contributed by atoms with Crippen molar-refractivity contribution in [2.45, 2.75) is 6.92 Å². The first-order chi connectivity index (χ1) is 13.1. The zero-order chi connectivity index (χ0) is 19.2. The number of benzene rings is 1. The van der Waals surface area contributed by atoms with Crippen LogP contribution in [0.4, 0.5) is 0 Å². The van der Waals surface area contributed by atoms with Crippen LogP contribution in [0.1, 0.15) is 16.1 Å². The van der Waals surface area contributed by atoms with E-state index in [-0.39, 0.29) is 19.8 Å². The molecule has 0 bridgehead atoms. The SMILES string of the molecule is Cc1cccc2c(C=O)nc(-c3ccc(OCCOCC(=O)O)nc3)nc12. The summed E-state index contributed by atoms with van der Waals surface area (Å²) in [4.78, 5) is 34.8. The number of carbonyl (C=O) groups is 2. The van der Waals surface area contributed by atoms with Gasteiger partial charge in [-0.25, -0.2) is 19.7 Å². The first-order valence-electron chi connectivity index (χ1n) is 8.20. The Bertz CT molecular complexity index is 973. The highest BCUT2D eigenvalue weighted by molar-refractivity contribution is 5.96. The summed E-state index contributed by atoms with van der Waals surface area (Å²) in [7, 11) is 0. The van der Waals surface area contributed by atoms with Gasteiger partial charge in [0.1, 0.15) is 18.9 Å². The van der Waals surface area contributed by atoms with Gasteiger partial charge in [0.15, 0.2) is 12.1 Å². The first kappa shape index (κ1) is 18.4. The summed E-state index contributed by atoms with van der Waals surface area (Å²) < 4.78 is 10.3. The van der Waals surface area contributed by atoms with Gasteiger partial charge < -0.3 is 14.6 Å². The lowest BCUT2D eigenvalue weighted by molar-refractivity contribution is -0.142. The molecule has 0 aliphatic rings. The smallest absolute Gasteiger partial charge is 0.329 e. The van der Waals surface area contributed by atoms with Crippen molar-refractivity contribution in [1.29, 1.82) is 0 Å². The minimum atomic E-state index is -1.03. The van der Waals surface area contributed by atoms with E-state index in [9.17, 15) is 9.59 Å². The van der Waals surface area contributed by atoms with Crippen molar-refractivity contribution in [3.63, 3.8) is 0 Å². The highest BCUT2D eigenvalue weighted by Crippen LogP contribution is 2.23. The summed E-state index contributed by atoms with van der Waals surface area (Å²) in [5.74, 6) is -0.259. The zero-order valence-electron chi connectivity index (χ0n) is 14.6. The van der Waals surface area contributed by atoms with Gasteiger partial charge in [0.2, 0.25) is 5.88 Å². The van der Waals surface area contributed by atoms with Crippen LogP contribution < -0.4 is 4.74 Å². The first-order valence-corrected chi connectivity index (χ1v) is 8.20. The molecule has 138 valence electrons. The Kier molecular flexibility index (Phi) is 5.68. The van der Waals surface area contributed by atoms with Crippen LogP contribution in [0.5, 0.6) is 5.88 Å². The summed E-state index contributed by atoms with van der Waals surface area (Å²) in [6.45, 7) is 1.88. The highest BCUT2D eigenvalue weighted by Gasteiger charge is 2.11. The van der Waals surface area contributed by atoms with Crippen molar-refractivity contribution in [2.24, 2.45) is 0 Å². The van der Waals surface area contributed by atoms with Crippen molar-refractivity contribution in [3.8, 4) is 17.3 Å². The molecule has 1 aromatic carbocycles. The highest BCUT2D eigenvalue weighted by atomic mass is 16.5. The quantitative estimate of drug-likeness (QED) is 0.477. The van der Waals surface area contributed by atoms with Gasteiger partial charge in [0.25, 0.3) is 0 Å². The molecule has 0 radical (unpaired) electrons. The molecule has 2 aromatic heterocycles. The Morgan fingerprint density at radius 3 is 2.74 bits per heavy atom. The topological polar surface area (TPSA) is 112 Å². The molecule has 0 aliphatic heterocycles. The van der Waals surface area contributed by atoms with Gasteiger partial charge in [0.05, 0.1) is 12.1 Å². The Morgan fingerprint density at radius 2 is 2.04 bits per heavy atom. The molecular weight excluding hydrogens is 350 g/mol. The summed E-state index contributed by atoms with van der Waals surface area (Å²) in [5.41, 5.74) is 2.65. The molecule has 3 aromatic rings. The van der Waals surface area contributed by atoms with Crippen molar-refractivity contribution in [3.05, 3.63) is 47.8 Å². The van der Waals surface area contributed by atoms with E-state index in [0.29, 0.717) is 28.3 Å². The Morgan fingerprint density at radius 1 is 1.19 bits per heavy atom. The Labute approximate surface area is 154 Å². The van der Waals surface area contributed by atoms with Crippen LogP contribution in [-0.4, -0.2) is 52.1 Å². The van der Waals surface area contributed by atoms with Crippen molar-refractivity contribution in [1.82, 2.24) is 15.0 Å². The number of hydrogen-bond donors (Lipinski definition) is 1. The van der Waals surface area contributed by atoms with Gasteiger partial charge in [-0.2, -0.15) is 0 Å². The minimum absolute atomic E-state index is 0.144. The van der Waals surface area contributed by atoms with E-state index in [0.717, 1.165) is 17.4 Å². The third-order valence-electron chi connectivity index (χ3n) is 3.77. The number of hydrogen-bond acceptors (Lipinski definition) is 7. The molecule has 0 atom stereocenters. The fourth-order valence-electron chi connectivity index (χ4n) is 2.50. The van der Waals surface area contributed by atoms with Gasteiger partial charge in [0, 0.05) is 23.2 Å². The number of aromatic nitrogens is 3. The molecule has 0 fully saturated rings. The van der Waals surface area contributed by atoms with Crippen LogP contribution in [0.25, 0.3) is 22.3 Å². The third-order valence-corrected chi connectivity index (χ3v) is 3.77. The number of aliphatic carboxylic acids is 1. The number of carbonyl (C=O) groups excluding carboxylic acids is 1. The average molecular weight is 367 g/mol. The molecule has 0 amide bonds. The predicted molar refractivity (Wildman–Crippen MR) is 96.8 cm³/mol. The van der Waals surface area contributed by atoms with Crippen LogP contribution in [-0.2, 0) is 9.53 Å². The average Bonchev–Trinajstić information content (AvgIpc) is 2.67. The number of nitrogens with zero attached hydrogens (tertiary/aromatic N) is 3. The van der Waals surface area contributed by atoms with Crippen LogP contribution in [0, 0.1) is 6.92 Å². The number of aldehydes is 1. The lowest BCUT2D eigenvalue weighted by Gasteiger charge is -2.08. The lowest BCUT2D eigenvalue weighted by Crippen LogP contribution is -2.12. The molecular formula is C19H17N3O5. The summed E-state index contributed by atoms with van der Waals surface area (Å²) in [6, 6.07) is 9.00. The van der Waals surface area contributed by atoms with E-state index in [1.165, 1.54) is 0 Å². The summed E-state index contributed by atoms with van der Waals surface area (Å²) in [6.07, 6.45) is 2.27. The van der Waals surface area contributed by atoms with E-state index in [1.807, 2.05) is 25.1 Å². The number of rotatable bonds is 8. The molecule has 3 rings (SSSR count).